The number of benzene rings is 3. The zero-order chi connectivity index (χ0) is 37.9. The minimum atomic E-state index is -5.58. The van der Waals surface area contributed by atoms with Crippen molar-refractivity contribution in [1.29, 1.82) is 0 Å². The topological polar surface area (TPSA) is 52.6 Å². The number of rotatable bonds is 16. The Morgan fingerprint density at radius 2 is 1.02 bits per heavy atom. The third-order valence-corrected chi connectivity index (χ3v) is 25.0. The van der Waals surface area contributed by atoms with Crippen LogP contribution in [0.2, 0.25) is 34.3 Å². The van der Waals surface area contributed by atoms with E-state index in [1.54, 1.807) is 40.0 Å². The number of alkyl halides is 3. The number of hydrogen-bond acceptors (Lipinski definition) is 4. The van der Waals surface area contributed by atoms with Gasteiger partial charge >= 0.3 is 15.6 Å². The molecule has 50 heavy (non-hydrogen) atoms. The molecule has 0 saturated carbocycles. The average Bonchev–Trinajstić information content (AvgIpc) is 3.03. The fraction of sp³-hybridized carbons (Fsp3) is 0.550. The van der Waals surface area contributed by atoms with Crippen LogP contribution in [0.3, 0.4) is 0 Å². The highest BCUT2D eigenvalue weighted by Gasteiger charge is 2.55. The lowest BCUT2D eigenvalue weighted by atomic mass is 10.1. The first-order valence-electron chi connectivity index (χ1n) is 18.0. The molecule has 280 valence electrons. The molecule has 0 unspecified atom stereocenters. The van der Waals surface area contributed by atoms with Gasteiger partial charge in [-0.2, -0.15) is 21.6 Å². The van der Waals surface area contributed by atoms with E-state index in [0.29, 0.717) is 18.9 Å². The summed E-state index contributed by atoms with van der Waals surface area (Å²) in [6.45, 7) is 20.9. The Labute approximate surface area is 303 Å². The molecule has 0 aliphatic carbocycles. The minimum Gasteiger partial charge on any atom is -0.497 e. The summed E-state index contributed by atoms with van der Waals surface area (Å²) in [5.41, 5.74) is 0.622. The number of halogens is 3. The van der Waals surface area contributed by atoms with Crippen molar-refractivity contribution in [1.82, 2.24) is 0 Å². The van der Waals surface area contributed by atoms with Crippen LogP contribution in [0.5, 0.6) is 5.75 Å². The molecule has 4 nitrogen and oxygen atoms in total. The molecule has 0 aliphatic heterocycles. The van der Waals surface area contributed by atoms with Crippen LogP contribution in [0, 0.1) is 13.8 Å². The smallest absolute Gasteiger partial charge is 0.497 e. The molecule has 0 saturated heterocycles. The summed E-state index contributed by atoms with van der Waals surface area (Å²) in [7, 11) is -8.59. The predicted octanol–water partition coefficient (Wildman–Crippen LogP) is 11.7. The normalized spacial score (nSPS) is 12.8. The molecule has 0 fully saturated rings. The summed E-state index contributed by atoms with van der Waals surface area (Å²) in [6, 6.07) is 27.6. The van der Waals surface area contributed by atoms with Gasteiger partial charge in [0.25, 0.3) is 0 Å². The van der Waals surface area contributed by atoms with Crippen molar-refractivity contribution in [3.8, 4) is 5.75 Å². The van der Waals surface area contributed by atoms with E-state index >= 15 is 0 Å². The van der Waals surface area contributed by atoms with Gasteiger partial charge < -0.3 is 8.61 Å². The van der Waals surface area contributed by atoms with Crippen LogP contribution in [0.15, 0.2) is 72.8 Å². The Hall–Kier alpha value is -2.41. The van der Waals surface area contributed by atoms with Gasteiger partial charge in [-0.05, 0) is 84.6 Å². The zero-order valence-electron chi connectivity index (χ0n) is 32.2. The molecule has 10 heteroatoms. The Morgan fingerprint density at radius 3 is 1.36 bits per heavy atom. The minimum absolute atomic E-state index is 0.248. The van der Waals surface area contributed by atoms with Gasteiger partial charge in [-0.1, -0.05) is 145 Å². The fourth-order valence-corrected chi connectivity index (χ4v) is 20.1. The average molecular weight is 751 g/mol. The SMILES string of the molecule is COc1ccc([Si](CCCc2ccc(C)cc2)(C(C)C)C(C)C)cc1.Cc1ccc(CCC[Si](OS(=O)(=O)C(F)(F)F)(C(C)C)C(C)C)cc1. The maximum absolute atomic E-state index is 12.8. The molecule has 0 aliphatic rings. The summed E-state index contributed by atoms with van der Waals surface area (Å²) >= 11 is 0. The fourth-order valence-electron chi connectivity index (χ4n) is 7.35. The van der Waals surface area contributed by atoms with Gasteiger partial charge in [-0.25, -0.2) is 0 Å². The van der Waals surface area contributed by atoms with Crippen molar-refractivity contribution >= 4 is 31.7 Å². The van der Waals surface area contributed by atoms with Crippen molar-refractivity contribution < 1.29 is 30.2 Å². The van der Waals surface area contributed by atoms with Crippen LogP contribution in [-0.4, -0.2) is 37.4 Å². The second-order valence-electron chi connectivity index (χ2n) is 15.0. The van der Waals surface area contributed by atoms with E-state index < -0.39 is 32.0 Å². The Balaban J connectivity index is 0.000000347. The summed E-state index contributed by atoms with van der Waals surface area (Å²) < 4.78 is 72.1. The molecule has 0 aromatic heterocycles. The highest BCUT2D eigenvalue weighted by atomic mass is 32.2. The molecular weight excluding hydrogens is 690 g/mol. The van der Waals surface area contributed by atoms with Crippen molar-refractivity contribution in [3.63, 3.8) is 0 Å². The first-order chi connectivity index (χ1) is 23.2. The quantitative estimate of drug-likeness (QED) is 0.108. The predicted molar refractivity (Wildman–Crippen MR) is 209 cm³/mol. The van der Waals surface area contributed by atoms with E-state index in [4.69, 9.17) is 8.61 Å². The second-order valence-corrected chi connectivity index (χ2v) is 27.2. The van der Waals surface area contributed by atoms with Crippen LogP contribution < -0.4 is 9.92 Å². The van der Waals surface area contributed by atoms with E-state index in [9.17, 15) is 21.6 Å². The van der Waals surface area contributed by atoms with E-state index in [1.807, 2.05) is 31.2 Å². The van der Waals surface area contributed by atoms with Gasteiger partial charge in [0, 0.05) is 0 Å². The number of hydrogen-bond donors (Lipinski definition) is 0. The van der Waals surface area contributed by atoms with Gasteiger partial charge in [0.1, 0.15) is 5.75 Å². The molecule has 0 heterocycles. The van der Waals surface area contributed by atoms with Gasteiger partial charge in [0.2, 0.25) is 8.32 Å². The van der Waals surface area contributed by atoms with Crippen LogP contribution in [0.1, 0.15) is 90.5 Å². The van der Waals surface area contributed by atoms with Crippen molar-refractivity contribution in [2.24, 2.45) is 0 Å². The zero-order valence-corrected chi connectivity index (χ0v) is 35.0. The molecular formula is C40H61F3O4SSi2. The second kappa shape index (κ2) is 18.9. The van der Waals surface area contributed by atoms with Crippen LogP contribution in [-0.2, 0) is 26.8 Å². The Bertz CT molecular complexity index is 1520. The van der Waals surface area contributed by atoms with Crippen molar-refractivity contribution in [2.75, 3.05) is 7.11 Å². The number of ether oxygens (including phenoxy) is 1. The molecule has 0 bridgehead atoms. The number of aryl methyl sites for hydroxylation is 4. The largest absolute Gasteiger partial charge is 0.522 e. The summed E-state index contributed by atoms with van der Waals surface area (Å²) in [4.78, 5) is 0. The first-order valence-corrected chi connectivity index (χ1v) is 24.0. The standard InChI is InChI=1S/C23H34OSi.C17H27F3O3SSi/c1-18(2)25(19(3)4,23-15-13-22(24-6)14-16-23)17-7-8-21-11-9-20(5)10-12-21;1-13(2)25(14(3)4,23-24(21,22)17(18,19)20)12-6-7-16-10-8-15(5)9-11-16/h9-16,18-19H,7-8,17H2,1-6H3;8-11,13-14H,6-7,12H2,1-5H3. The highest BCUT2D eigenvalue weighted by molar-refractivity contribution is 7.88. The van der Waals surface area contributed by atoms with Crippen LogP contribution >= 0.6 is 0 Å². The molecule has 0 spiro atoms. The maximum Gasteiger partial charge on any atom is 0.522 e. The van der Waals surface area contributed by atoms with E-state index in [-0.39, 0.29) is 11.1 Å². The molecule has 3 aromatic rings. The van der Waals surface area contributed by atoms with Crippen LogP contribution in [0.4, 0.5) is 13.2 Å². The third-order valence-electron chi connectivity index (χ3n) is 10.5. The lowest BCUT2D eigenvalue weighted by Gasteiger charge is -2.40. The molecule has 0 N–H and O–H groups in total. The monoisotopic (exact) mass is 750 g/mol. The van der Waals surface area contributed by atoms with Crippen molar-refractivity contribution in [2.45, 2.75) is 135 Å². The number of methoxy groups -OCH3 is 1. The molecule has 0 atom stereocenters. The Morgan fingerprint density at radius 1 is 0.620 bits per heavy atom. The van der Waals surface area contributed by atoms with Crippen LogP contribution in [0.25, 0.3) is 0 Å². The first kappa shape index (κ1) is 43.8. The summed E-state index contributed by atoms with van der Waals surface area (Å²) in [5, 5.41) is 1.59. The van der Waals surface area contributed by atoms with E-state index in [0.717, 1.165) is 28.0 Å². The van der Waals surface area contributed by atoms with Crippen molar-refractivity contribution in [3.05, 3.63) is 95.1 Å². The van der Waals surface area contributed by atoms with Gasteiger partial charge in [0.15, 0.2) is 0 Å². The molecule has 0 radical (unpaired) electrons. The lowest BCUT2D eigenvalue weighted by Crippen LogP contribution is -2.53. The van der Waals surface area contributed by atoms with E-state index in [1.165, 1.54) is 30.0 Å². The third kappa shape index (κ3) is 11.6. The highest BCUT2D eigenvalue weighted by Crippen LogP contribution is 2.42. The van der Waals surface area contributed by atoms with E-state index in [2.05, 4.69) is 83.1 Å². The Kier molecular flexibility index (Phi) is 16.5. The molecule has 3 aromatic carbocycles. The summed E-state index contributed by atoms with van der Waals surface area (Å²) in [5.74, 6) is 0.957. The lowest BCUT2D eigenvalue weighted by molar-refractivity contribution is -0.0505. The van der Waals surface area contributed by atoms with Gasteiger partial charge in [-0.3, -0.25) is 0 Å². The van der Waals surface area contributed by atoms with Gasteiger partial charge in [-0.15, -0.1) is 0 Å². The molecule has 3 rings (SSSR count). The maximum atomic E-state index is 12.8. The van der Waals surface area contributed by atoms with Gasteiger partial charge in [0.05, 0.1) is 15.2 Å². The summed E-state index contributed by atoms with van der Waals surface area (Å²) in [6.07, 6.45) is 3.74. The molecule has 0 amide bonds.